The number of thiazole rings is 1. The molecule has 0 unspecified atom stereocenters. The normalized spacial score (nSPS) is 12.2. The van der Waals surface area contributed by atoms with Crippen LogP contribution in [0.3, 0.4) is 0 Å². The first kappa shape index (κ1) is 12.2. The first-order valence-electron chi connectivity index (χ1n) is 5.43. The van der Waals surface area contributed by atoms with Crippen molar-refractivity contribution in [3.8, 4) is 10.4 Å². The predicted molar refractivity (Wildman–Crippen MR) is 66.9 cm³/mol. The Morgan fingerprint density at radius 2 is 2.05 bits per heavy atom. The molecule has 0 aliphatic heterocycles. The summed E-state index contributed by atoms with van der Waals surface area (Å²) in [6.45, 7) is 1.83. The van der Waals surface area contributed by atoms with Crippen LogP contribution >= 0.6 is 11.3 Å². The smallest absolute Gasteiger partial charge is 0.249 e. The first-order valence-corrected chi connectivity index (χ1v) is 6.31. The molecule has 0 fully saturated rings. The van der Waals surface area contributed by atoms with Gasteiger partial charge in [-0.15, -0.1) is 24.5 Å². The van der Waals surface area contributed by atoms with Crippen molar-refractivity contribution in [3.05, 3.63) is 35.6 Å². The van der Waals surface area contributed by atoms with Gasteiger partial charge in [-0.25, -0.2) is 4.98 Å². The number of hydrogen-bond donors (Lipinski definition) is 0. The van der Waals surface area contributed by atoms with Crippen LogP contribution in [0.15, 0.2) is 29.9 Å². The molecular weight excluding hydrogens is 275 g/mol. The SMILES string of the molecule is Cc1ncsc1-c1cccc2c1cnn2C(F)(F)F. The minimum absolute atomic E-state index is 0.0535. The van der Waals surface area contributed by atoms with Gasteiger partial charge in [0.05, 0.1) is 27.8 Å². The molecule has 2 aromatic heterocycles. The van der Waals surface area contributed by atoms with E-state index in [1.165, 1.54) is 23.6 Å². The number of nitrogens with zero attached hydrogens (tertiary/aromatic N) is 3. The second-order valence-corrected chi connectivity index (χ2v) is 4.88. The van der Waals surface area contributed by atoms with Gasteiger partial charge in [0, 0.05) is 10.9 Å². The number of halogens is 3. The highest BCUT2D eigenvalue weighted by Gasteiger charge is 2.33. The van der Waals surface area contributed by atoms with E-state index in [0.29, 0.717) is 5.39 Å². The van der Waals surface area contributed by atoms with Gasteiger partial charge in [-0.05, 0) is 13.0 Å². The molecule has 98 valence electrons. The Morgan fingerprint density at radius 1 is 1.26 bits per heavy atom. The number of hydrogen-bond acceptors (Lipinski definition) is 3. The summed E-state index contributed by atoms with van der Waals surface area (Å²) in [5, 5.41) is 3.92. The lowest BCUT2D eigenvalue weighted by atomic mass is 10.1. The number of aromatic nitrogens is 3. The molecule has 3 nitrogen and oxygen atoms in total. The lowest BCUT2D eigenvalue weighted by Gasteiger charge is -2.07. The Balaban J connectivity index is 2.30. The van der Waals surface area contributed by atoms with Gasteiger partial charge >= 0.3 is 6.30 Å². The van der Waals surface area contributed by atoms with Crippen molar-refractivity contribution in [3.63, 3.8) is 0 Å². The molecule has 0 spiro atoms. The number of alkyl halides is 3. The van der Waals surface area contributed by atoms with Crippen LogP contribution in [-0.4, -0.2) is 14.8 Å². The third-order valence-electron chi connectivity index (χ3n) is 2.84. The van der Waals surface area contributed by atoms with Crippen molar-refractivity contribution in [2.45, 2.75) is 13.2 Å². The van der Waals surface area contributed by atoms with E-state index in [2.05, 4.69) is 10.1 Å². The average molecular weight is 283 g/mol. The standard InChI is InChI=1S/C12H8F3N3S/c1-7-11(19-6-16-7)8-3-2-4-10-9(8)5-17-18(10)12(13,14)15/h2-6H,1H3. The Bertz CT molecular complexity index is 742. The summed E-state index contributed by atoms with van der Waals surface area (Å²) in [4.78, 5) is 4.99. The highest BCUT2D eigenvalue weighted by molar-refractivity contribution is 7.13. The van der Waals surface area contributed by atoms with E-state index in [9.17, 15) is 13.2 Å². The van der Waals surface area contributed by atoms with Crippen LogP contribution in [0.1, 0.15) is 5.69 Å². The third kappa shape index (κ3) is 1.90. The van der Waals surface area contributed by atoms with Crippen LogP contribution in [0.4, 0.5) is 13.2 Å². The van der Waals surface area contributed by atoms with Gasteiger partial charge in [-0.2, -0.15) is 9.78 Å². The van der Waals surface area contributed by atoms with Crippen molar-refractivity contribution >= 4 is 22.2 Å². The zero-order valence-corrected chi connectivity index (χ0v) is 10.6. The molecule has 0 saturated heterocycles. The summed E-state index contributed by atoms with van der Waals surface area (Å²) in [5.41, 5.74) is 3.26. The molecule has 0 bridgehead atoms. The van der Waals surface area contributed by atoms with Gasteiger partial charge < -0.3 is 0 Å². The van der Waals surface area contributed by atoms with E-state index in [0.717, 1.165) is 16.1 Å². The maximum absolute atomic E-state index is 12.8. The molecule has 3 aromatic rings. The van der Waals surface area contributed by atoms with Gasteiger partial charge in [0.15, 0.2) is 0 Å². The zero-order chi connectivity index (χ0) is 13.6. The van der Waals surface area contributed by atoms with Gasteiger partial charge in [0.2, 0.25) is 0 Å². The predicted octanol–water partition coefficient (Wildman–Crippen LogP) is 3.94. The third-order valence-corrected chi connectivity index (χ3v) is 3.81. The fourth-order valence-corrected chi connectivity index (χ4v) is 2.86. The Morgan fingerprint density at radius 3 is 2.68 bits per heavy atom. The molecule has 19 heavy (non-hydrogen) atoms. The molecule has 0 N–H and O–H groups in total. The molecular formula is C12H8F3N3S. The van der Waals surface area contributed by atoms with E-state index >= 15 is 0 Å². The van der Waals surface area contributed by atoms with Gasteiger partial charge in [0.25, 0.3) is 0 Å². The molecule has 2 heterocycles. The van der Waals surface area contributed by atoms with Crippen LogP contribution in [0.5, 0.6) is 0 Å². The summed E-state index contributed by atoms with van der Waals surface area (Å²) in [6, 6.07) is 4.79. The fourth-order valence-electron chi connectivity index (χ4n) is 2.01. The minimum atomic E-state index is -4.51. The van der Waals surface area contributed by atoms with E-state index in [1.807, 2.05) is 6.92 Å². The summed E-state index contributed by atoms with van der Waals surface area (Å²) in [7, 11) is 0. The summed E-state index contributed by atoms with van der Waals surface area (Å²) in [6.07, 6.45) is -3.26. The average Bonchev–Trinajstić information content (AvgIpc) is 2.93. The summed E-state index contributed by atoms with van der Waals surface area (Å²) >= 11 is 1.40. The van der Waals surface area contributed by atoms with Crippen LogP contribution < -0.4 is 0 Å². The van der Waals surface area contributed by atoms with Gasteiger partial charge in [0.1, 0.15) is 0 Å². The van der Waals surface area contributed by atoms with Crippen molar-refractivity contribution in [1.82, 2.24) is 14.8 Å². The Kier molecular flexibility index (Phi) is 2.60. The lowest BCUT2D eigenvalue weighted by molar-refractivity contribution is -0.209. The highest BCUT2D eigenvalue weighted by Crippen LogP contribution is 2.35. The molecule has 0 aliphatic carbocycles. The van der Waals surface area contributed by atoms with Crippen LogP contribution in [0, 0.1) is 6.92 Å². The van der Waals surface area contributed by atoms with Crippen molar-refractivity contribution in [2.75, 3.05) is 0 Å². The van der Waals surface area contributed by atoms with E-state index in [4.69, 9.17) is 0 Å². The summed E-state index contributed by atoms with van der Waals surface area (Å²) < 4.78 is 38.5. The van der Waals surface area contributed by atoms with Gasteiger partial charge in [-0.1, -0.05) is 12.1 Å². The summed E-state index contributed by atoms with van der Waals surface area (Å²) in [5.74, 6) is 0. The van der Waals surface area contributed by atoms with Crippen molar-refractivity contribution in [1.29, 1.82) is 0 Å². The Labute approximate surface area is 110 Å². The molecule has 0 atom stereocenters. The van der Waals surface area contributed by atoms with E-state index in [1.54, 1.807) is 17.6 Å². The number of benzene rings is 1. The second-order valence-electron chi connectivity index (χ2n) is 4.03. The highest BCUT2D eigenvalue weighted by atomic mass is 32.1. The minimum Gasteiger partial charge on any atom is -0.249 e. The maximum atomic E-state index is 12.8. The molecule has 0 aliphatic rings. The van der Waals surface area contributed by atoms with Crippen LogP contribution in [0.2, 0.25) is 0 Å². The molecule has 0 saturated carbocycles. The number of aryl methyl sites for hydroxylation is 1. The van der Waals surface area contributed by atoms with Crippen molar-refractivity contribution in [2.24, 2.45) is 0 Å². The molecule has 0 radical (unpaired) electrons. The molecule has 0 amide bonds. The monoisotopic (exact) mass is 283 g/mol. The molecule has 7 heteroatoms. The lowest BCUT2D eigenvalue weighted by Crippen LogP contribution is -2.17. The number of fused-ring (bicyclic) bond motifs is 1. The van der Waals surface area contributed by atoms with Gasteiger partial charge in [-0.3, -0.25) is 0 Å². The number of rotatable bonds is 1. The fraction of sp³-hybridized carbons (Fsp3) is 0.167. The first-order chi connectivity index (χ1) is 8.98. The Hall–Kier alpha value is -1.89. The largest absolute Gasteiger partial charge is 0.505 e. The second kappa shape index (κ2) is 4.06. The van der Waals surface area contributed by atoms with Crippen LogP contribution in [0.25, 0.3) is 21.3 Å². The molecule has 3 rings (SSSR count). The topological polar surface area (TPSA) is 30.7 Å². The zero-order valence-electron chi connectivity index (χ0n) is 9.77. The quantitative estimate of drug-likeness (QED) is 0.677. The van der Waals surface area contributed by atoms with Crippen molar-refractivity contribution < 1.29 is 13.2 Å². The molecule has 1 aromatic carbocycles. The maximum Gasteiger partial charge on any atom is 0.505 e. The van der Waals surface area contributed by atoms with E-state index in [-0.39, 0.29) is 10.2 Å². The van der Waals surface area contributed by atoms with E-state index < -0.39 is 6.30 Å². The van der Waals surface area contributed by atoms with Crippen LogP contribution in [-0.2, 0) is 6.30 Å².